The molecule has 8 nitrogen and oxygen atoms in total. The lowest BCUT2D eigenvalue weighted by molar-refractivity contribution is -0.126. The number of amides is 2. The lowest BCUT2D eigenvalue weighted by atomic mass is 10.1. The molecule has 0 heterocycles. The van der Waals surface area contributed by atoms with Gasteiger partial charge in [0.15, 0.2) is 11.5 Å². The molecule has 0 aliphatic rings. The molecule has 0 fully saturated rings. The van der Waals surface area contributed by atoms with E-state index in [1.165, 1.54) is 13.3 Å². The van der Waals surface area contributed by atoms with Gasteiger partial charge in [0.05, 0.1) is 28.5 Å². The summed E-state index contributed by atoms with van der Waals surface area (Å²) in [5, 5.41) is 15.8. The number of carbonyl (C=O) groups is 2. The number of anilines is 1. The topological polar surface area (TPSA) is 113 Å². The SMILES string of the molecule is COc1cc(C=NNC(=O)CC(=O)Nc2ccccc2)cc(I)c1OCc1ccccc1C#N. The Kier molecular flexibility index (Phi) is 8.99. The summed E-state index contributed by atoms with van der Waals surface area (Å²) < 4.78 is 12.2. The van der Waals surface area contributed by atoms with Crippen molar-refractivity contribution in [3.63, 3.8) is 0 Å². The molecule has 0 saturated carbocycles. The van der Waals surface area contributed by atoms with Crippen LogP contribution >= 0.6 is 22.6 Å². The zero-order chi connectivity index (χ0) is 24.3. The summed E-state index contributed by atoms with van der Waals surface area (Å²) in [6.45, 7) is 0.213. The average molecular weight is 568 g/mol. The van der Waals surface area contributed by atoms with Crippen molar-refractivity contribution in [2.75, 3.05) is 12.4 Å². The standard InChI is InChI=1S/C25H21IN4O4/c1-33-22-12-17(11-21(26)25(22)34-16-19-8-6-5-7-18(19)14-27)15-28-30-24(32)13-23(31)29-20-9-3-2-4-10-20/h2-12,15H,13,16H2,1H3,(H,29,31)(H,30,32). The maximum absolute atomic E-state index is 12.0. The average Bonchev–Trinajstić information content (AvgIpc) is 2.83. The third kappa shape index (κ3) is 7.05. The number of ether oxygens (including phenoxy) is 2. The molecule has 0 bridgehead atoms. The van der Waals surface area contributed by atoms with Gasteiger partial charge < -0.3 is 14.8 Å². The molecule has 172 valence electrons. The minimum atomic E-state index is -0.539. The van der Waals surface area contributed by atoms with Gasteiger partial charge >= 0.3 is 0 Å². The monoisotopic (exact) mass is 568 g/mol. The first-order chi connectivity index (χ1) is 16.5. The Hall–Kier alpha value is -3.91. The van der Waals surface area contributed by atoms with Crippen molar-refractivity contribution in [1.82, 2.24) is 5.43 Å². The Morgan fingerprint density at radius 1 is 1.09 bits per heavy atom. The van der Waals surface area contributed by atoms with Crippen molar-refractivity contribution in [2.45, 2.75) is 13.0 Å². The quantitative estimate of drug-likeness (QED) is 0.174. The highest BCUT2D eigenvalue weighted by molar-refractivity contribution is 14.1. The summed E-state index contributed by atoms with van der Waals surface area (Å²) in [4.78, 5) is 23.9. The number of carbonyl (C=O) groups excluding carboxylic acids is 2. The summed E-state index contributed by atoms with van der Waals surface area (Å²) in [6, 6.07) is 21.8. The number of nitriles is 1. The number of nitrogens with one attached hydrogen (secondary N) is 2. The van der Waals surface area contributed by atoms with E-state index >= 15 is 0 Å². The zero-order valence-corrected chi connectivity index (χ0v) is 20.4. The molecule has 3 rings (SSSR count). The molecule has 0 unspecified atom stereocenters. The largest absolute Gasteiger partial charge is 0.493 e. The van der Waals surface area contributed by atoms with Crippen LogP contribution in [0, 0.1) is 14.9 Å². The predicted octanol–water partition coefficient (Wildman–Crippen LogP) is 4.23. The molecular formula is C25H21IN4O4. The van der Waals surface area contributed by atoms with Crippen LogP contribution in [-0.4, -0.2) is 25.1 Å². The Bertz CT molecular complexity index is 1240. The predicted molar refractivity (Wildman–Crippen MR) is 137 cm³/mol. The van der Waals surface area contributed by atoms with Gasteiger partial charge in [-0.25, -0.2) is 5.43 Å². The number of hydrazone groups is 1. The molecule has 0 saturated heterocycles. The van der Waals surface area contributed by atoms with Gasteiger partial charge in [0.1, 0.15) is 13.0 Å². The van der Waals surface area contributed by atoms with Crippen molar-refractivity contribution in [3.8, 4) is 17.6 Å². The second-order valence-electron chi connectivity index (χ2n) is 6.98. The van der Waals surface area contributed by atoms with E-state index in [1.54, 1.807) is 42.5 Å². The van der Waals surface area contributed by atoms with Crippen LogP contribution < -0.4 is 20.2 Å². The normalized spacial score (nSPS) is 10.4. The molecule has 0 spiro atoms. The number of para-hydroxylation sites is 1. The molecular weight excluding hydrogens is 547 g/mol. The van der Waals surface area contributed by atoms with Gasteiger partial charge in [0.2, 0.25) is 11.8 Å². The summed E-state index contributed by atoms with van der Waals surface area (Å²) in [5.41, 5.74) is 4.94. The van der Waals surface area contributed by atoms with Gasteiger partial charge in [-0.15, -0.1) is 0 Å². The lowest BCUT2D eigenvalue weighted by Gasteiger charge is -2.14. The summed E-state index contributed by atoms with van der Waals surface area (Å²) in [6.07, 6.45) is 1.09. The van der Waals surface area contributed by atoms with Gasteiger partial charge in [-0.05, 0) is 58.5 Å². The van der Waals surface area contributed by atoms with E-state index in [0.717, 1.165) is 9.13 Å². The smallest absolute Gasteiger partial charge is 0.249 e. The maximum Gasteiger partial charge on any atom is 0.249 e. The second kappa shape index (κ2) is 12.4. The van der Waals surface area contributed by atoms with Crippen LogP contribution in [0.25, 0.3) is 0 Å². The summed E-state index contributed by atoms with van der Waals surface area (Å²) in [5.74, 6) is 0.0445. The first kappa shape index (κ1) is 24.7. The number of methoxy groups -OCH3 is 1. The Morgan fingerprint density at radius 2 is 1.82 bits per heavy atom. The van der Waals surface area contributed by atoms with E-state index < -0.39 is 11.8 Å². The summed E-state index contributed by atoms with van der Waals surface area (Å²) in [7, 11) is 1.52. The highest BCUT2D eigenvalue weighted by atomic mass is 127. The number of rotatable bonds is 9. The molecule has 3 aromatic carbocycles. The van der Waals surface area contributed by atoms with Crippen LogP contribution in [0.3, 0.4) is 0 Å². The third-order valence-corrected chi connectivity index (χ3v) is 5.34. The van der Waals surface area contributed by atoms with E-state index in [-0.39, 0.29) is 13.0 Å². The number of halogens is 1. The molecule has 0 aromatic heterocycles. The molecule has 2 amide bonds. The minimum absolute atomic E-state index is 0.213. The van der Waals surface area contributed by atoms with Gasteiger partial charge in [-0.3, -0.25) is 9.59 Å². The molecule has 2 N–H and O–H groups in total. The van der Waals surface area contributed by atoms with Crippen LogP contribution in [0.5, 0.6) is 11.5 Å². The third-order valence-electron chi connectivity index (χ3n) is 4.54. The molecule has 9 heteroatoms. The van der Waals surface area contributed by atoms with Gasteiger partial charge in [-0.2, -0.15) is 10.4 Å². The molecule has 3 aromatic rings. The summed E-state index contributed by atoms with van der Waals surface area (Å²) >= 11 is 2.12. The van der Waals surface area contributed by atoms with Gasteiger partial charge in [0, 0.05) is 11.3 Å². The Balaban J connectivity index is 1.59. The van der Waals surface area contributed by atoms with Gasteiger partial charge in [0.25, 0.3) is 0 Å². The fourth-order valence-corrected chi connectivity index (χ4v) is 3.73. The van der Waals surface area contributed by atoms with Crippen molar-refractivity contribution in [3.05, 3.63) is 87.0 Å². The van der Waals surface area contributed by atoms with E-state index in [9.17, 15) is 14.9 Å². The molecule has 0 aliphatic carbocycles. The van der Waals surface area contributed by atoms with Crippen LogP contribution in [0.2, 0.25) is 0 Å². The van der Waals surface area contributed by atoms with Crippen molar-refractivity contribution in [1.29, 1.82) is 5.26 Å². The van der Waals surface area contributed by atoms with Crippen LogP contribution in [-0.2, 0) is 16.2 Å². The van der Waals surface area contributed by atoms with E-state index in [0.29, 0.717) is 28.3 Å². The molecule has 0 radical (unpaired) electrons. The van der Waals surface area contributed by atoms with Crippen LogP contribution in [0.4, 0.5) is 5.69 Å². The Morgan fingerprint density at radius 3 is 2.56 bits per heavy atom. The van der Waals surface area contributed by atoms with E-state index in [4.69, 9.17) is 9.47 Å². The lowest BCUT2D eigenvalue weighted by Crippen LogP contribution is -2.24. The van der Waals surface area contributed by atoms with Crippen molar-refractivity contribution >= 4 is 46.3 Å². The molecule has 34 heavy (non-hydrogen) atoms. The number of nitrogens with zero attached hydrogens (tertiary/aromatic N) is 2. The van der Waals surface area contributed by atoms with Crippen molar-refractivity contribution in [2.24, 2.45) is 5.10 Å². The minimum Gasteiger partial charge on any atom is -0.493 e. The van der Waals surface area contributed by atoms with Crippen molar-refractivity contribution < 1.29 is 19.1 Å². The fourth-order valence-electron chi connectivity index (χ4n) is 2.95. The van der Waals surface area contributed by atoms with Gasteiger partial charge in [-0.1, -0.05) is 36.4 Å². The maximum atomic E-state index is 12.0. The first-order valence-corrected chi connectivity index (χ1v) is 11.2. The molecule has 0 aliphatic heterocycles. The highest BCUT2D eigenvalue weighted by Crippen LogP contribution is 2.34. The molecule has 0 atom stereocenters. The number of hydrogen-bond acceptors (Lipinski definition) is 6. The zero-order valence-electron chi connectivity index (χ0n) is 18.2. The fraction of sp³-hybridized carbons (Fsp3) is 0.120. The first-order valence-electron chi connectivity index (χ1n) is 10.1. The Labute approximate surface area is 210 Å². The number of benzene rings is 3. The number of hydrogen-bond donors (Lipinski definition) is 2. The van der Waals surface area contributed by atoms with Crippen LogP contribution in [0.15, 0.2) is 71.8 Å². The van der Waals surface area contributed by atoms with E-state index in [1.807, 2.05) is 24.3 Å². The van der Waals surface area contributed by atoms with E-state index in [2.05, 4.69) is 44.5 Å². The second-order valence-corrected chi connectivity index (χ2v) is 8.14. The highest BCUT2D eigenvalue weighted by Gasteiger charge is 2.13. The van der Waals surface area contributed by atoms with Crippen LogP contribution in [0.1, 0.15) is 23.1 Å².